The van der Waals surface area contributed by atoms with Gasteiger partial charge in [-0.1, -0.05) is 407 Å². The van der Waals surface area contributed by atoms with Crippen LogP contribution in [0.25, 0.3) is 135 Å². The molecule has 0 unspecified atom stereocenters. The monoisotopic (exact) mass is 2440 g/mol. The molecule has 18 rings (SSSR count). The van der Waals surface area contributed by atoms with Crippen LogP contribution in [0, 0.1) is 34.4 Å². The van der Waals surface area contributed by atoms with E-state index in [1.165, 1.54) is 66.8 Å². The van der Waals surface area contributed by atoms with Gasteiger partial charge in [-0.15, -0.1) is 105 Å². The fourth-order valence-electron chi connectivity index (χ4n) is 21.3. The van der Waals surface area contributed by atoms with Gasteiger partial charge in [0.1, 0.15) is 0 Å². The number of benzene rings is 9. The third-order valence-electron chi connectivity index (χ3n) is 35.0. The SMILES string of the molecule is CC(C)(C)c1cc(-c2cc(-c3ccc(-c4[c-]cc5c(c4)C(C)(C)C(C)(C)C5(C)C)nc3)cc(-c3cc(C(C)(C)C)cc(C(C)(C)C)c3)n2)cc(C(C)(C)C)c1.CC(C)(C)c1ccc(-c2cc(-c3ccc(-c4[c-]cc5c(c4)C(C)(C)C(C)(C)C5(C)C)nc3)cc(-c3ccc(C(C)(C)C)cc3)n2)cc1.CC1(C)c2c[c-]c(-c3ccc(-c4cc(-c5ccccc5)nc(-c5ccccc5)c4)cn3)cc2C(C)(C)C1(C)C.[Ir].[Ir].[Ir]. The van der Waals surface area contributed by atoms with E-state index in [0.717, 1.165) is 135 Å². The number of aromatic nitrogens is 6. The largest absolute Gasteiger partial charge is 0.304 e. The van der Waals surface area contributed by atoms with Gasteiger partial charge in [0.2, 0.25) is 0 Å². The van der Waals surface area contributed by atoms with Gasteiger partial charge in [0.15, 0.2) is 0 Å². The molecule has 0 amide bonds. The van der Waals surface area contributed by atoms with Crippen LogP contribution in [0.3, 0.4) is 0 Å². The van der Waals surface area contributed by atoms with Crippen molar-refractivity contribution in [2.24, 2.45) is 16.2 Å². The molecule has 0 N–H and O–H groups in total. The third-order valence-corrected chi connectivity index (χ3v) is 35.0. The first-order valence-electron chi connectivity index (χ1n) is 51.2. The van der Waals surface area contributed by atoms with Gasteiger partial charge in [0.05, 0.1) is 34.2 Å². The normalized spacial score (nSPS) is 16.2. The molecule has 3 radical (unpaired) electrons. The molecule has 9 aromatic carbocycles. The van der Waals surface area contributed by atoms with E-state index < -0.39 is 0 Å². The summed E-state index contributed by atoms with van der Waals surface area (Å²) in [6, 6.07) is 103. The first-order valence-corrected chi connectivity index (χ1v) is 51.2. The molecule has 6 heterocycles. The standard InChI is InChI=1S/C53H67N2.C45H51N2.C37H35N2.3Ir/c1-47(2,3)38-23-36(24-39(30-38)48(4,5)6)45-28-35(29-46(55-45)37-25-40(49(7,8)9)31-41(26-37)50(10,11)12)34-20-22-44(54-32-34)33-19-21-42-43(27-33)52(15,16)53(17,18)51(42,13)14;1-41(2,3)34-19-13-29(14-20-34)39-26-33(27-40(47-39)30-15-21-35(22-16-30)42(4,5)6)32-18-24-38(46-28-32)31-17-23-36-37(25-31)44(9,10)45(11,12)43(36,7)8;1-35(2)30-19-17-27(21-31(30)36(3,4)37(35,5)6)32-20-18-28(24-38-32)29-22-33(25-13-9-7-10-14-25)39-34(23-29)26-15-11-8-12-16-26;;;/h20-32H,1-18H3;13-16,18-28H,1-12H3;7-16,18-24H,1-6H3;;;/q3*-1;;;. The fourth-order valence-corrected chi connectivity index (χ4v) is 21.3. The van der Waals surface area contributed by atoms with Crippen LogP contribution in [-0.4, -0.2) is 29.9 Å². The molecule has 3 aliphatic carbocycles. The molecule has 0 saturated heterocycles. The molecule has 0 atom stereocenters. The summed E-state index contributed by atoms with van der Waals surface area (Å²) >= 11 is 0. The van der Waals surface area contributed by atoms with Crippen molar-refractivity contribution in [2.45, 2.75) is 314 Å². The zero-order valence-electron chi connectivity index (χ0n) is 92.7. The summed E-state index contributed by atoms with van der Waals surface area (Å²) in [7, 11) is 0. The van der Waals surface area contributed by atoms with Gasteiger partial charge in [-0.25, -0.2) is 15.0 Å². The molecule has 0 saturated carbocycles. The van der Waals surface area contributed by atoms with E-state index in [1.807, 2.05) is 30.7 Å². The van der Waals surface area contributed by atoms with Crippen LogP contribution in [0.2, 0.25) is 0 Å². The zero-order valence-corrected chi connectivity index (χ0v) is 99.8. The van der Waals surface area contributed by atoms with Crippen molar-refractivity contribution < 1.29 is 60.3 Å². The Labute approximate surface area is 906 Å². The van der Waals surface area contributed by atoms with Gasteiger partial charge in [0.25, 0.3) is 0 Å². The summed E-state index contributed by atoms with van der Waals surface area (Å²) in [4.78, 5) is 30.7. The minimum absolute atomic E-state index is 0. The topological polar surface area (TPSA) is 77.3 Å². The number of rotatable bonds is 12. The van der Waals surface area contributed by atoms with Gasteiger partial charge in [-0.2, -0.15) is 0 Å². The smallest absolute Gasteiger partial charge is 0.0715 e. The summed E-state index contributed by atoms with van der Waals surface area (Å²) in [5.41, 5.74) is 42.1. The molecule has 6 nitrogen and oxygen atoms in total. The van der Waals surface area contributed by atoms with Gasteiger partial charge in [-0.3, -0.25) is 0 Å². The molecule has 144 heavy (non-hydrogen) atoms. The van der Waals surface area contributed by atoms with Gasteiger partial charge in [-0.05, 0) is 226 Å². The van der Waals surface area contributed by atoms with E-state index in [9.17, 15) is 0 Å². The Bertz CT molecular complexity index is 6920. The van der Waals surface area contributed by atoms with E-state index in [2.05, 4.69) is 510 Å². The Kier molecular flexibility index (Phi) is 30.4. The number of hydrogen-bond donors (Lipinski definition) is 0. The first-order chi connectivity index (χ1) is 65.4. The summed E-state index contributed by atoms with van der Waals surface area (Å²) in [5, 5.41) is 0. The minimum Gasteiger partial charge on any atom is -0.304 e. The van der Waals surface area contributed by atoms with Crippen LogP contribution in [0.15, 0.2) is 273 Å². The quantitative estimate of drug-likeness (QED) is 0.113. The number of hydrogen-bond acceptors (Lipinski definition) is 6. The van der Waals surface area contributed by atoms with Gasteiger partial charge >= 0.3 is 0 Å². The second kappa shape index (κ2) is 39.5. The molecule has 3 aliphatic rings. The second-order valence-electron chi connectivity index (χ2n) is 51.8. The summed E-state index contributed by atoms with van der Waals surface area (Å²) < 4.78 is 0. The zero-order chi connectivity index (χ0) is 102. The maximum absolute atomic E-state index is 5.50. The molecule has 6 aromatic heterocycles. The average molecular weight is 2440 g/mol. The molecule has 753 valence electrons. The predicted molar refractivity (Wildman–Crippen MR) is 600 cm³/mol. The van der Waals surface area contributed by atoms with Crippen LogP contribution < -0.4 is 0 Å². The molecule has 9 heteroatoms. The molecule has 0 bridgehead atoms. The minimum atomic E-state index is -0.00581. The van der Waals surface area contributed by atoms with E-state index >= 15 is 0 Å². The maximum atomic E-state index is 5.50. The number of nitrogens with zero attached hydrogens (tertiary/aromatic N) is 6. The number of fused-ring (bicyclic) bond motifs is 3. The Morgan fingerprint density at radius 3 is 0.590 bits per heavy atom. The first kappa shape index (κ1) is 111. The Hall–Kier alpha value is -10.2. The molecule has 0 spiro atoms. The Morgan fingerprint density at radius 1 is 0.181 bits per heavy atom. The number of pyridine rings is 6. The van der Waals surface area contributed by atoms with Crippen molar-refractivity contribution in [3.8, 4) is 135 Å². The fraction of sp³-hybridized carbons (Fsp3) is 0.378. The maximum Gasteiger partial charge on any atom is 0.0715 e. The van der Waals surface area contributed by atoms with Gasteiger partial charge < -0.3 is 15.0 Å². The van der Waals surface area contributed by atoms with Crippen LogP contribution in [0.1, 0.15) is 316 Å². The van der Waals surface area contributed by atoms with Crippen LogP contribution >= 0.6 is 0 Å². The van der Waals surface area contributed by atoms with E-state index in [1.54, 1.807) is 0 Å². The third kappa shape index (κ3) is 20.9. The Balaban J connectivity index is 0.000000182. The van der Waals surface area contributed by atoms with Crippen molar-refractivity contribution in [3.05, 3.63) is 358 Å². The van der Waals surface area contributed by atoms with Crippen molar-refractivity contribution in [2.75, 3.05) is 0 Å². The van der Waals surface area contributed by atoms with Crippen LogP contribution in [0.5, 0.6) is 0 Å². The van der Waals surface area contributed by atoms with Crippen LogP contribution in [0.4, 0.5) is 0 Å². The van der Waals surface area contributed by atoms with Crippen molar-refractivity contribution in [1.82, 2.24) is 29.9 Å². The van der Waals surface area contributed by atoms with E-state index in [4.69, 9.17) is 29.9 Å². The Morgan fingerprint density at radius 2 is 0.382 bits per heavy atom. The molecule has 0 aliphatic heterocycles. The van der Waals surface area contributed by atoms with E-state index in [0.29, 0.717) is 0 Å². The summed E-state index contributed by atoms with van der Waals surface area (Å²) in [6.45, 7) is 84.0. The molecular formula is C135H153Ir3N6-3. The molecule has 0 fully saturated rings. The van der Waals surface area contributed by atoms with Gasteiger partial charge in [0, 0.05) is 112 Å². The summed E-state index contributed by atoms with van der Waals surface area (Å²) in [5.74, 6) is 0. The average Bonchev–Trinajstić information content (AvgIpc) is 1.55. The second-order valence-corrected chi connectivity index (χ2v) is 51.8. The van der Waals surface area contributed by atoms with Crippen LogP contribution in [-0.2, 0) is 125 Å². The van der Waals surface area contributed by atoms with Crippen molar-refractivity contribution >= 4 is 0 Å². The van der Waals surface area contributed by atoms with Crippen molar-refractivity contribution in [1.29, 1.82) is 0 Å². The predicted octanol–water partition coefficient (Wildman–Crippen LogP) is 36.4. The summed E-state index contributed by atoms with van der Waals surface area (Å²) in [6.07, 6.45) is 6.02. The van der Waals surface area contributed by atoms with E-state index in [-0.39, 0.29) is 142 Å². The molecule has 15 aromatic rings. The molecular weight excluding hydrogens is 2280 g/mol. The van der Waals surface area contributed by atoms with Crippen molar-refractivity contribution in [3.63, 3.8) is 0 Å².